The Morgan fingerprint density at radius 3 is 2.54 bits per heavy atom. The normalized spacial score (nSPS) is 18.7. The van der Waals surface area contributed by atoms with Crippen LogP contribution in [-0.2, 0) is 0 Å². The van der Waals surface area contributed by atoms with Gasteiger partial charge in [0, 0.05) is 11.8 Å². The molecule has 3 heteroatoms. The average Bonchev–Trinajstić information content (AvgIpc) is 2.75. The SMILES string of the molecule is CC(C)c1nc(C2CCCC2)no1. The smallest absolute Gasteiger partial charge is 0.229 e. The van der Waals surface area contributed by atoms with Crippen molar-refractivity contribution in [3.8, 4) is 0 Å². The minimum atomic E-state index is 0.350. The molecule has 0 atom stereocenters. The van der Waals surface area contributed by atoms with Crippen molar-refractivity contribution >= 4 is 0 Å². The highest BCUT2D eigenvalue weighted by Gasteiger charge is 2.22. The first-order valence-electron chi connectivity index (χ1n) is 5.11. The Kier molecular flexibility index (Phi) is 2.34. The van der Waals surface area contributed by atoms with E-state index in [0.717, 1.165) is 11.7 Å². The van der Waals surface area contributed by atoms with Gasteiger partial charge in [-0.1, -0.05) is 31.8 Å². The molecule has 0 saturated heterocycles. The maximum atomic E-state index is 5.18. The highest BCUT2D eigenvalue weighted by molar-refractivity contribution is 4.99. The maximum Gasteiger partial charge on any atom is 0.229 e. The van der Waals surface area contributed by atoms with Crippen LogP contribution in [0.1, 0.15) is 63.1 Å². The molecular formula is C10H16N2O. The molecule has 1 aliphatic rings. The first-order valence-corrected chi connectivity index (χ1v) is 5.11. The van der Waals surface area contributed by atoms with E-state index in [-0.39, 0.29) is 0 Å². The van der Waals surface area contributed by atoms with Crippen molar-refractivity contribution in [1.29, 1.82) is 0 Å². The molecule has 0 unspecified atom stereocenters. The molecule has 0 bridgehead atoms. The van der Waals surface area contributed by atoms with Crippen LogP contribution in [-0.4, -0.2) is 10.1 Å². The summed E-state index contributed by atoms with van der Waals surface area (Å²) in [6.45, 7) is 4.15. The molecule has 1 saturated carbocycles. The van der Waals surface area contributed by atoms with Gasteiger partial charge >= 0.3 is 0 Å². The summed E-state index contributed by atoms with van der Waals surface area (Å²) in [4.78, 5) is 4.41. The van der Waals surface area contributed by atoms with Gasteiger partial charge in [-0.25, -0.2) is 0 Å². The zero-order valence-corrected chi connectivity index (χ0v) is 8.29. The molecule has 0 spiro atoms. The third-order valence-corrected chi connectivity index (χ3v) is 2.67. The summed E-state index contributed by atoms with van der Waals surface area (Å²) in [5.74, 6) is 2.63. The standard InChI is InChI=1S/C10H16N2O/c1-7(2)10-11-9(12-13-10)8-5-3-4-6-8/h7-8H,3-6H2,1-2H3. The van der Waals surface area contributed by atoms with Crippen molar-refractivity contribution in [2.75, 3.05) is 0 Å². The third kappa shape index (κ3) is 1.74. The van der Waals surface area contributed by atoms with Gasteiger partial charge in [0.25, 0.3) is 0 Å². The van der Waals surface area contributed by atoms with E-state index in [1.54, 1.807) is 0 Å². The van der Waals surface area contributed by atoms with Crippen LogP contribution in [0.15, 0.2) is 4.52 Å². The zero-order valence-electron chi connectivity index (χ0n) is 8.29. The molecule has 0 aliphatic heterocycles. The molecule has 72 valence electrons. The van der Waals surface area contributed by atoms with Crippen LogP contribution in [0.25, 0.3) is 0 Å². The van der Waals surface area contributed by atoms with Gasteiger partial charge in [0.1, 0.15) is 0 Å². The van der Waals surface area contributed by atoms with E-state index in [1.807, 2.05) is 0 Å². The molecule has 1 aliphatic carbocycles. The Labute approximate surface area is 78.5 Å². The summed E-state index contributed by atoms with van der Waals surface area (Å²) < 4.78 is 5.18. The van der Waals surface area contributed by atoms with E-state index >= 15 is 0 Å². The lowest BCUT2D eigenvalue weighted by molar-refractivity contribution is 0.358. The van der Waals surface area contributed by atoms with Crippen molar-refractivity contribution < 1.29 is 4.52 Å². The summed E-state index contributed by atoms with van der Waals surface area (Å²) in [6, 6.07) is 0. The summed E-state index contributed by atoms with van der Waals surface area (Å²) in [5.41, 5.74) is 0. The summed E-state index contributed by atoms with van der Waals surface area (Å²) in [5, 5.41) is 4.03. The Morgan fingerprint density at radius 2 is 2.00 bits per heavy atom. The van der Waals surface area contributed by atoms with E-state index in [2.05, 4.69) is 24.0 Å². The van der Waals surface area contributed by atoms with Crippen LogP contribution in [0, 0.1) is 0 Å². The minimum absolute atomic E-state index is 0.350. The van der Waals surface area contributed by atoms with Gasteiger partial charge in [0.2, 0.25) is 5.89 Å². The molecule has 0 amide bonds. The first kappa shape index (κ1) is 8.73. The second-order valence-electron chi connectivity index (χ2n) is 4.13. The lowest BCUT2D eigenvalue weighted by atomic mass is 10.1. The summed E-state index contributed by atoms with van der Waals surface area (Å²) >= 11 is 0. The maximum absolute atomic E-state index is 5.18. The number of rotatable bonds is 2. The Morgan fingerprint density at radius 1 is 1.31 bits per heavy atom. The van der Waals surface area contributed by atoms with Gasteiger partial charge < -0.3 is 4.52 Å². The fraction of sp³-hybridized carbons (Fsp3) is 0.800. The fourth-order valence-corrected chi connectivity index (χ4v) is 1.83. The quantitative estimate of drug-likeness (QED) is 0.702. The monoisotopic (exact) mass is 180 g/mol. The zero-order chi connectivity index (χ0) is 9.26. The van der Waals surface area contributed by atoms with E-state index < -0.39 is 0 Å². The Bertz CT molecular complexity index is 274. The largest absolute Gasteiger partial charge is 0.339 e. The van der Waals surface area contributed by atoms with Crippen LogP contribution in [0.3, 0.4) is 0 Å². The molecule has 3 nitrogen and oxygen atoms in total. The predicted octanol–water partition coefficient (Wildman–Crippen LogP) is 2.85. The molecule has 1 heterocycles. The Hall–Kier alpha value is -0.860. The van der Waals surface area contributed by atoms with Crippen molar-refractivity contribution in [2.45, 2.75) is 51.4 Å². The third-order valence-electron chi connectivity index (χ3n) is 2.67. The number of hydrogen-bond donors (Lipinski definition) is 0. The lowest BCUT2D eigenvalue weighted by Gasteiger charge is -1.99. The van der Waals surface area contributed by atoms with E-state index in [1.165, 1.54) is 25.7 Å². The van der Waals surface area contributed by atoms with Crippen LogP contribution >= 0.6 is 0 Å². The van der Waals surface area contributed by atoms with Gasteiger partial charge in [0.05, 0.1) is 0 Å². The Balaban J connectivity index is 2.12. The first-order chi connectivity index (χ1) is 6.27. The molecule has 1 aromatic heterocycles. The van der Waals surface area contributed by atoms with E-state index in [9.17, 15) is 0 Å². The molecule has 0 radical (unpaired) electrons. The van der Waals surface area contributed by atoms with Crippen molar-refractivity contribution in [1.82, 2.24) is 10.1 Å². The fourth-order valence-electron chi connectivity index (χ4n) is 1.83. The van der Waals surface area contributed by atoms with Crippen molar-refractivity contribution in [3.63, 3.8) is 0 Å². The van der Waals surface area contributed by atoms with Crippen molar-refractivity contribution in [3.05, 3.63) is 11.7 Å². The summed E-state index contributed by atoms with van der Waals surface area (Å²) in [7, 11) is 0. The predicted molar refractivity (Wildman–Crippen MR) is 49.6 cm³/mol. The molecule has 1 fully saturated rings. The number of aromatic nitrogens is 2. The van der Waals surface area contributed by atoms with Crippen molar-refractivity contribution in [2.24, 2.45) is 0 Å². The van der Waals surface area contributed by atoms with Crippen LogP contribution in [0.5, 0.6) is 0 Å². The van der Waals surface area contributed by atoms with Crippen LogP contribution < -0.4 is 0 Å². The van der Waals surface area contributed by atoms with Gasteiger partial charge in [-0.15, -0.1) is 0 Å². The molecule has 0 N–H and O–H groups in total. The van der Waals surface area contributed by atoms with E-state index in [0.29, 0.717) is 11.8 Å². The van der Waals surface area contributed by atoms with Gasteiger partial charge in [-0.2, -0.15) is 4.98 Å². The van der Waals surface area contributed by atoms with Crippen LogP contribution in [0.2, 0.25) is 0 Å². The molecular weight excluding hydrogens is 164 g/mol. The lowest BCUT2D eigenvalue weighted by Crippen LogP contribution is -1.95. The number of hydrogen-bond acceptors (Lipinski definition) is 3. The molecule has 2 rings (SSSR count). The minimum Gasteiger partial charge on any atom is -0.339 e. The second-order valence-corrected chi connectivity index (χ2v) is 4.13. The topological polar surface area (TPSA) is 38.9 Å². The molecule has 13 heavy (non-hydrogen) atoms. The van der Waals surface area contributed by atoms with E-state index in [4.69, 9.17) is 4.52 Å². The summed E-state index contributed by atoms with van der Waals surface area (Å²) in [6.07, 6.45) is 5.10. The number of nitrogens with zero attached hydrogens (tertiary/aromatic N) is 2. The molecule has 0 aromatic carbocycles. The average molecular weight is 180 g/mol. The van der Waals surface area contributed by atoms with Gasteiger partial charge in [-0.3, -0.25) is 0 Å². The highest BCUT2D eigenvalue weighted by atomic mass is 16.5. The molecule has 1 aromatic rings. The van der Waals surface area contributed by atoms with Gasteiger partial charge in [0.15, 0.2) is 5.82 Å². The highest BCUT2D eigenvalue weighted by Crippen LogP contribution is 2.32. The second kappa shape index (κ2) is 3.48. The van der Waals surface area contributed by atoms with Crippen LogP contribution in [0.4, 0.5) is 0 Å². The van der Waals surface area contributed by atoms with Gasteiger partial charge in [-0.05, 0) is 12.8 Å².